The van der Waals surface area contributed by atoms with Gasteiger partial charge in [0.05, 0.1) is 6.61 Å². The molecule has 1 aromatic carbocycles. The topological polar surface area (TPSA) is 98.2 Å². The molecule has 0 aliphatic carbocycles. The summed E-state index contributed by atoms with van der Waals surface area (Å²) < 4.78 is 28.1. The Bertz CT molecular complexity index is 783. The first kappa shape index (κ1) is 17.4. The molecule has 1 amide bonds. The molecule has 2 rings (SSSR count). The number of rotatable bonds is 6. The third kappa shape index (κ3) is 5.00. The predicted molar refractivity (Wildman–Crippen MR) is 87.7 cm³/mol. The summed E-state index contributed by atoms with van der Waals surface area (Å²) in [6, 6.07) is 6.67. The minimum atomic E-state index is -3.42. The van der Waals surface area contributed by atoms with E-state index in [1.54, 1.807) is 24.3 Å². The molecule has 0 saturated heterocycles. The number of sulfone groups is 1. The van der Waals surface area contributed by atoms with E-state index in [4.69, 9.17) is 4.74 Å². The van der Waals surface area contributed by atoms with Crippen molar-refractivity contribution >= 4 is 32.2 Å². The van der Waals surface area contributed by atoms with Crippen LogP contribution in [0.4, 0.5) is 5.13 Å². The zero-order valence-electron chi connectivity index (χ0n) is 12.9. The number of carbonyl (C=O) groups excluding carboxylic acids is 1. The molecule has 23 heavy (non-hydrogen) atoms. The lowest BCUT2D eigenvalue weighted by Gasteiger charge is -2.09. The van der Waals surface area contributed by atoms with Crippen LogP contribution in [0, 0.1) is 5.92 Å². The van der Waals surface area contributed by atoms with Gasteiger partial charge in [-0.3, -0.25) is 10.1 Å². The number of nitrogens with zero attached hydrogens (tertiary/aromatic N) is 2. The lowest BCUT2D eigenvalue weighted by molar-refractivity contribution is 0.102. The molecule has 0 aliphatic heterocycles. The molecule has 1 N–H and O–H groups in total. The Morgan fingerprint density at radius 1 is 1.26 bits per heavy atom. The van der Waals surface area contributed by atoms with Gasteiger partial charge in [0, 0.05) is 11.8 Å². The maximum atomic E-state index is 12.1. The average Bonchev–Trinajstić information content (AvgIpc) is 2.94. The summed E-state index contributed by atoms with van der Waals surface area (Å²) in [7, 11) is -3.42. The molecule has 0 unspecified atom stereocenters. The van der Waals surface area contributed by atoms with Crippen LogP contribution in [0.25, 0.3) is 0 Å². The van der Waals surface area contributed by atoms with Gasteiger partial charge in [0.2, 0.25) is 19.3 Å². The second-order valence-electron chi connectivity index (χ2n) is 5.33. The highest BCUT2D eigenvalue weighted by molar-refractivity contribution is 7.92. The Kier molecular flexibility index (Phi) is 5.32. The monoisotopic (exact) mass is 355 g/mol. The van der Waals surface area contributed by atoms with Crippen LogP contribution in [0.2, 0.25) is 0 Å². The second-order valence-corrected chi connectivity index (χ2v) is 8.50. The first-order valence-corrected chi connectivity index (χ1v) is 9.54. The Morgan fingerprint density at radius 2 is 1.91 bits per heavy atom. The van der Waals surface area contributed by atoms with Crippen molar-refractivity contribution in [2.24, 2.45) is 5.92 Å². The number of ether oxygens (including phenoxy) is 1. The molecule has 2 aromatic rings. The van der Waals surface area contributed by atoms with Crippen molar-refractivity contribution < 1.29 is 17.9 Å². The molecule has 0 aliphatic rings. The van der Waals surface area contributed by atoms with Gasteiger partial charge < -0.3 is 4.74 Å². The van der Waals surface area contributed by atoms with Crippen LogP contribution in [-0.4, -0.2) is 37.4 Å². The molecule has 7 nitrogen and oxygen atoms in total. The van der Waals surface area contributed by atoms with Crippen LogP contribution < -0.4 is 10.1 Å². The van der Waals surface area contributed by atoms with E-state index in [0.717, 1.165) is 17.6 Å². The predicted octanol–water partition coefficient (Wildman–Crippen LogP) is 2.23. The standard InChI is InChI=1S/C14H17N3O4S2/c1-9(2)8-21-11-6-4-10(5-7-11)12(18)15-13-16-17-14(22-13)23(3,19)20/h4-7,9H,8H2,1-3H3,(H,15,16,18). The summed E-state index contributed by atoms with van der Waals surface area (Å²) in [5.41, 5.74) is 0.415. The lowest BCUT2D eigenvalue weighted by atomic mass is 10.2. The van der Waals surface area contributed by atoms with Gasteiger partial charge in [-0.15, -0.1) is 10.2 Å². The van der Waals surface area contributed by atoms with E-state index in [9.17, 15) is 13.2 Å². The highest BCUT2D eigenvalue weighted by Gasteiger charge is 2.16. The lowest BCUT2D eigenvalue weighted by Crippen LogP contribution is -2.11. The first-order valence-electron chi connectivity index (χ1n) is 6.83. The van der Waals surface area contributed by atoms with Crippen LogP contribution in [-0.2, 0) is 9.84 Å². The van der Waals surface area contributed by atoms with E-state index in [1.165, 1.54) is 0 Å². The van der Waals surface area contributed by atoms with Gasteiger partial charge in [-0.2, -0.15) is 0 Å². The Balaban J connectivity index is 2.02. The molecule has 0 bridgehead atoms. The number of aromatic nitrogens is 2. The highest BCUT2D eigenvalue weighted by atomic mass is 32.2. The fourth-order valence-electron chi connectivity index (χ4n) is 1.54. The number of carbonyl (C=O) groups is 1. The van der Waals surface area contributed by atoms with Crippen molar-refractivity contribution in [2.45, 2.75) is 18.2 Å². The van der Waals surface area contributed by atoms with Gasteiger partial charge in [-0.1, -0.05) is 25.2 Å². The summed E-state index contributed by atoms with van der Waals surface area (Å²) in [5.74, 6) is 0.710. The quantitative estimate of drug-likeness (QED) is 0.798. The summed E-state index contributed by atoms with van der Waals surface area (Å²) in [6.45, 7) is 4.70. The van der Waals surface area contributed by atoms with Crippen LogP contribution in [0.15, 0.2) is 28.6 Å². The van der Waals surface area contributed by atoms with Crippen LogP contribution in [0.3, 0.4) is 0 Å². The van der Waals surface area contributed by atoms with Gasteiger partial charge in [0.1, 0.15) is 5.75 Å². The number of anilines is 1. The van der Waals surface area contributed by atoms with Gasteiger partial charge in [0.15, 0.2) is 0 Å². The minimum Gasteiger partial charge on any atom is -0.493 e. The maximum Gasteiger partial charge on any atom is 0.257 e. The van der Waals surface area contributed by atoms with Gasteiger partial charge in [-0.05, 0) is 30.2 Å². The molecule has 9 heteroatoms. The zero-order chi connectivity index (χ0) is 17.0. The number of amides is 1. The van der Waals surface area contributed by atoms with Crippen molar-refractivity contribution in [2.75, 3.05) is 18.2 Å². The van der Waals surface area contributed by atoms with Crippen LogP contribution in [0.5, 0.6) is 5.75 Å². The SMILES string of the molecule is CC(C)COc1ccc(C(=O)Nc2nnc(S(C)(=O)=O)s2)cc1. The van der Waals surface area contributed by atoms with Gasteiger partial charge >= 0.3 is 0 Å². The Morgan fingerprint density at radius 3 is 2.43 bits per heavy atom. The maximum absolute atomic E-state index is 12.1. The third-order valence-electron chi connectivity index (χ3n) is 2.64. The van der Waals surface area contributed by atoms with E-state index < -0.39 is 15.7 Å². The molecule has 124 valence electrons. The summed E-state index contributed by atoms with van der Waals surface area (Å²) in [4.78, 5) is 12.1. The fraction of sp³-hybridized carbons (Fsp3) is 0.357. The molecule has 1 aromatic heterocycles. The molecule has 0 spiro atoms. The molecule has 0 atom stereocenters. The molecular weight excluding hydrogens is 338 g/mol. The molecule has 0 radical (unpaired) electrons. The Labute approximate surface area is 138 Å². The summed E-state index contributed by atoms with van der Waals surface area (Å²) in [6.07, 6.45) is 1.04. The number of benzene rings is 1. The van der Waals surface area contributed by atoms with Crippen LogP contribution in [0.1, 0.15) is 24.2 Å². The van der Waals surface area contributed by atoms with Crippen molar-refractivity contribution in [3.05, 3.63) is 29.8 Å². The third-order valence-corrected chi connectivity index (χ3v) is 5.15. The number of hydrogen-bond acceptors (Lipinski definition) is 7. The van der Waals surface area contributed by atoms with E-state index in [-0.39, 0.29) is 9.47 Å². The Hall–Kier alpha value is -2.00. The zero-order valence-corrected chi connectivity index (χ0v) is 14.6. The normalized spacial score (nSPS) is 11.5. The fourth-order valence-corrected chi connectivity index (χ4v) is 3.05. The van der Waals surface area contributed by atoms with Crippen molar-refractivity contribution in [1.82, 2.24) is 10.2 Å². The molecular formula is C14H17N3O4S2. The summed E-state index contributed by atoms with van der Waals surface area (Å²) in [5, 5.41) is 9.84. The van der Waals surface area contributed by atoms with E-state index >= 15 is 0 Å². The number of nitrogens with one attached hydrogen (secondary N) is 1. The van der Waals surface area contributed by atoms with E-state index in [0.29, 0.717) is 23.8 Å². The van der Waals surface area contributed by atoms with E-state index in [2.05, 4.69) is 29.4 Å². The second kappa shape index (κ2) is 7.05. The highest BCUT2D eigenvalue weighted by Crippen LogP contribution is 2.21. The van der Waals surface area contributed by atoms with Crippen molar-refractivity contribution in [3.8, 4) is 5.75 Å². The van der Waals surface area contributed by atoms with Crippen molar-refractivity contribution in [1.29, 1.82) is 0 Å². The largest absolute Gasteiger partial charge is 0.493 e. The number of hydrogen-bond donors (Lipinski definition) is 1. The molecule has 0 saturated carbocycles. The smallest absolute Gasteiger partial charge is 0.257 e. The molecule has 0 fully saturated rings. The minimum absolute atomic E-state index is 0.134. The van der Waals surface area contributed by atoms with Crippen LogP contribution >= 0.6 is 11.3 Å². The summed E-state index contributed by atoms with van der Waals surface area (Å²) >= 11 is 0.810. The van der Waals surface area contributed by atoms with Gasteiger partial charge in [-0.25, -0.2) is 8.42 Å². The van der Waals surface area contributed by atoms with E-state index in [1.807, 2.05) is 0 Å². The molecule has 1 heterocycles. The average molecular weight is 355 g/mol. The van der Waals surface area contributed by atoms with Crippen molar-refractivity contribution in [3.63, 3.8) is 0 Å². The van der Waals surface area contributed by atoms with Gasteiger partial charge in [0.25, 0.3) is 5.91 Å². The first-order chi connectivity index (χ1) is 10.8.